The zero-order chi connectivity index (χ0) is 9.31. The fourth-order valence-corrected chi connectivity index (χ4v) is 12.4. The standard InChI is InChI=1S/2C5H5.2CH3.Hf/c2*1-2-4-5-3-1;;;/h2*1-5H;2*1H3;. The Labute approximate surface area is 85.0 Å². The molecule has 0 fully saturated rings. The Morgan fingerprint density at radius 1 is 0.692 bits per heavy atom. The van der Waals surface area contributed by atoms with Crippen molar-refractivity contribution in [1.29, 1.82) is 0 Å². The molecule has 0 N–H and O–H groups in total. The van der Waals surface area contributed by atoms with Crippen LogP contribution in [0.15, 0.2) is 48.6 Å². The Hall–Kier alpha value is -0.170. The molecule has 0 nitrogen and oxygen atoms in total. The van der Waals surface area contributed by atoms with Gasteiger partial charge in [0.25, 0.3) is 0 Å². The average molecular weight is 339 g/mol. The zero-order valence-electron chi connectivity index (χ0n) is 8.27. The van der Waals surface area contributed by atoms with Crippen LogP contribution in [-0.2, 0) is 20.0 Å². The summed E-state index contributed by atoms with van der Waals surface area (Å²) in [4.78, 5) is 0. The quantitative estimate of drug-likeness (QED) is 0.666. The third-order valence-corrected chi connectivity index (χ3v) is 18.3. The van der Waals surface area contributed by atoms with Gasteiger partial charge in [-0.3, -0.25) is 0 Å². The minimum atomic E-state index is -2.08. The van der Waals surface area contributed by atoms with Gasteiger partial charge in [-0.05, 0) is 0 Å². The Kier molecular flexibility index (Phi) is 2.55. The second kappa shape index (κ2) is 3.53. The first kappa shape index (κ1) is 9.39. The first-order valence-corrected chi connectivity index (χ1v) is 16.2. The molecule has 0 aromatic rings. The summed E-state index contributed by atoms with van der Waals surface area (Å²) in [6.45, 7) is 0. The summed E-state index contributed by atoms with van der Waals surface area (Å²) >= 11 is -2.08. The van der Waals surface area contributed by atoms with Crippen LogP contribution in [0.5, 0.6) is 0 Å². The molecule has 0 saturated heterocycles. The van der Waals surface area contributed by atoms with Gasteiger partial charge >= 0.3 is 85.3 Å². The number of hydrogen-bond donors (Lipinski definition) is 0. The Morgan fingerprint density at radius 3 is 1.31 bits per heavy atom. The van der Waals surface area contributed by atoms with Crippen molar-refractivity contribution in [3.63, 3.8) is 0 Å². The average Bonchev–Trinajstić information content (AvgIpc) is 2.78. The molecule has 0 saturated carbocycles. The van der Waals surface area contributed by atoms with Gasteiger partial charge in [0.05, 0.1) is 0 Å². The minimum absolute atomic E-state index is 0.810. The molecule has 0 atom stereocenters. The summed E-state index contributed by atoms with van der Waals surface area (Å²) in [5.74, 6) is 0. The molecule has 13 heavy (non-hydrogen) atoms. The molecule has 0 bridgehead atoms. The predicted molar refractivity (Wildman–Crippen MR) is 55.8 cm³/mol. The fourth-order valence-electron chi connectivity index (χ4n) is 2.08. The van der Waals surface area contributed by atoms with E-state index in [2.05, 4.69) is 58.0 Å². The van der Waals surface area contributed by atoms with Crippen LogP contribution >= 0.6 is 0 Å². The molecule has 0 heterocycles. The molecule has 1 heteroatoms. The van der Waals surface area contributed by atoms with Crippen LogP contribution in [0.1, 0.15) is 0 Å². The van der Waals surface area contributed by atoms with Gasteiger partial charge in [0.15, 0.2) is 0 Å². The molecule has 0 radical (unpaired) electrons. The van der Waals surface area contributed by atoms with E-state index >= 15 is 0 Å². The molecule has 68 valence electrons. The first-order valence-electron chi connectivity index (χ1n) is 4.91. The van der Waals surface area contributed by atoms with Gasteiger partial charge in [-0.15, -0.1) is 0 Å². The third kappa shape index (κ3) is 1.71. The van der Waals surface area contributed by atoms with Crippen LogP contribution in [0.2, 0.25) is 16.7 Å². The van der Waals surface area contributed by atoms with E-state index in [0.29, 0.717) is 0 Å². The van der Waals surface area contributed by atoms with E-state index in [9.17, 15) is 0 Å². The van der Waals surface area contributed by atoms with Crippen molar-refractivity contribution in [2.45, 2.75) is 16.7 Å². The Bertz CT molecular complexity index is 251. The van der Waals surface area contributed by atoms with Gasteiger partial charge in [0.1, 0.15) is 0 Å². The van der Waals surface area contributed by atoms with Gasteiger partial charge in [-0.25, -0.2) is 0 Å². The van der Waals surface area contributed by atoms with Gasteiger partial charge < -0.3 is 0 Å². The van der Waals surface area contributed by atoms with Gasteiger partial charge in [-0.1, -0.05) is 0 Å². The van der Waals surface area contributed by atoms with Gasteiger partial charge in [-0.2, -0.15) is 0 Å². The third-order valence-electron chi connectivity index (χ3n) is 3.21. The molecule has 2 aliphatic rings. The summed E-state index contributed by atoms with van der Waals surface area (Å²) < 4.78 is 6.74. The second-order valence-electron chi connectivity index (χ2n) is 4.41. The van der Waals surface area contributed by atoms with E-state index in [0.717, 1.165) is 7.35 Å². The predicted octanol–water partition coefficient (Wildman–Crippen LogP) is 4.07. The molecular weight excluding hydrogens is 323 g/mol. The van der Waals surface area contributed by atoms with Gasteiger partial charge in [0, 0.05) is 0 Å². The van der Waals surface area contributed by atoms with Crippen LogP contribution in [0, 0.1) is 0 Å². The van der Waals surface area contributed by atoms with E-state index in [1.54, 1.807) is 0 Å². The fraction of sp³-hybridized carbons (Fsp3) is 0.333. The molecule has 0 aliphatic heterocycles. The SMILES string of the molecule is [CH3][Hf]([CH3])([CH]1C=CC=C1)[CH]1C=CC=C1. The summed E-state index contributed by atoms with van der Waals surface area (Å²) in [5.41, 5.74) is 0. The molecule has 0 amide bonds. The Morgan fingerprint density at radius 2 is 1.00 bits per heavy atom. The molecule has 2 rings (SSSR count). The molecule has 0 spiro atoms. The maximum atomic E-state index is 2.56. The molecule has 0 unspecified atom stereocenters. The van der Waals surface area contributed by atoms with Crippen molar-refractivity contribution in [2.24, 2.45) is 0 Å². The first-order chi connectivity index (χ1) is 6.21. The topological polar surface area (TPSA) is 0 Å². The molecule has 0 aromatic heterocycles. The van der Waals surface area contributed by atoms with Crippen molar-refractivity contribution in [3.05, 3.63) is 48.6 Å². The van der Waals surface area contributed by atoms with E-state index in [-0.39, 0.29) is 0 Å². The van der Waals surface area contributed by atoms with Crippen LogP contribution in [0.3, 0.4) is 0 Å². The monoisotopic (exact) mass is 340 g/mol. The molecule has 2 aliphatic carbocycles. The molecule has 0 aromatic carbocycles. The van der Waals surface area contributed by atoms with E-state index in [1.165, 1.54) is 0 Å². The number of rotatable bonds is 2. The van der Waals surface area contributed by atoms with Crippen molar-refractivity contribution < 1.29 is 20.0 Å². The van der Waals surface area contributed by atoms with Crippen LogP contribution in [0.25, 0.3) is 0 Å². The van der Waals surface area contributed by atoms with Crippen molar-refractivity contribution in [3.8, 4) is 0 Å². The van der Waals surface area contributed by atoms with E-state index in [4.69, 9.17) is 0 Å². The zero-order valence-corrected chi connectivity index (χ0v) is 11.9. The maximum absolute atomic E-state index is 2.56. The summed E-state index contributed by atoms with van der Waals surface area (Å²) in [6.07, 6.45) is 18.4. The van der Waals surface area contributed by atoms with Crippen molar-refractivity contribution >= 4 is 0 Å². The van der Waals surface area contributed by atoms with Crippen molar-refractivity contribution in [1.82, 2.24) is 0 Å². The van der Waals surface area contributed by atoms with Crippen LogP contribution < -0.4 is 0 Å². The molecular formula is C12H16Hf. The number of allylic oxidation sites excluding steroid dienone is 8. The summed E-state index contributed by atoms with van der Waals surface area (Å²) in [5, 5.41) is 0. The van der Waals surface area contributed by atoms with E-state index < -0.39 is 20.0 Å². The summed E-state index contributed by atoms with van der Waals surface area (Å²) in [7, 11) is 0. The van der Waals surface area contributed by atoms with E-state index in [1.807, 2.05) is 0 Å². The van der Waals surface area contributed by atoms with Crippen LogP contribution in [-0.4, -0.2) is 0 Å². The number of hydrogen-bond acceptors (Lipinski definition) is 0. The van der Waals surface area contributed by atoms with Crippen LogP contribution in [0.4, 0.5) is 0 Å². The Balaban J connectivity index is 2.19. The van der Waals surface area contributed by atoms with Gasteiger partial charge in [0.2, 0.25) is 0 Å². The summed E-state index contributed by atoms with van der Waals surface area (Å²) in [6, 6.07) is 0. The normalized spacial score (nSPS) is 22.3. The second-order valence-corrected chi connectivity index (χ2v) is 22.3. The van der Waals surface area contributed by atoms with Crippen molar-refractivity contribution in [2.75, 3.05) is 0 Å².